The molecule has 1 heterocycles. The van der Waals surface area contributed by atoms with Gasteiger partial charge in [0, 0.05) is 24.4 Å². The van der Waals surface area contributed by atoms with E-state index in [2.05, 4.69) is 28.9 Å². The highest BCUT2D eigenvalue weighted by Crippen LogP contribution is 2.29. The number of nitrogens with one attached hydrogen (secondary N) is 1. The van der Waals surface area contributed by atoms with E-state index in [0.29, 0.717) is 18.5 Å². The van der Waals surface area contributed by atoms with Crippen molar-refractivity contribution in [1.82, 2.24) is 10.2 Å². The molecular formula is C15H28N2OS. The van der Waals surface area contributed by atoms with Crippen molar-refractivity contribution in [3.05, 3.63) is 0 Å². The smallest absolute Gasteiger partial charge is 0.236 e. The Hall–Kier alpha value is -0.220. The lowest BCUT2D eigenvalue weighted by molar-refractivity contribution is -0.130. The van der Waals surface area contributed by atoms with Gasteiger partial charge in [0.05, 0.1) is 6.54 Å². The largest absolute Gasteiger partial charge is 0.342 e. The van der Waals surface area contributed by atoms with Crippen LogP contribution in [-0.4, -0.2) is 47.5 Å². The van der Waals surface area contributed by atoms with Gasteiger partial charge in [0.25, 0.3) is 0 Å². The van der Waals surface area contributed by atoms with Crippen molar-refractivity contribution >= 4 is 17.7 Å². The highest BCUT2D eigenvalue weighted by atomic mass is 32.2. The Morgan fingerprint density at radius 1 is 1.16 bits per heavy atom. The Kier molecular flexibility index (Phi) is 6.51. The molecule has 1 aliphatic heterocycles. The maximum Gasteiger partial charge on any atom is 0.236 e. The van der Waals surface area contributed by atoms with Crippen molar-refractivity contribution in [2.75, 3.05) is 25.4 Å². The van der Waals surface area contributed by atoms with Crippen LogP contribution in [0.25, 0.3) is 0 Å². The first kappa shape index (κ1) is 15.2. The van der Waals surface area contributed by atoms with Crippen LogP contribution in [0, 0.1) is 0 Å². The van der Waals surface area contributed by atoms with Crippen LogP contribution in [-0.2, 0) is 4.79 Å². The predicted molar refractivity (Wildman–Crippen MR) is 82.6 cm³/mol. The molecule has 4 heteroatoms. The number of carbonyl (C=O) groups is 1. The number of carbonyl (C=O) groups excluding carboxylic acids is 1. The maximum atomic E-state index is 12.2. The van der Waals surface area contributed by atoms with Gasteiger partial charge in [-0.1, -0.05) is 26.2 Å². The molecule has 0 aromatic rings. The Labute approximate surface area is 121 Å². The van der Waals surface area contributed by atoms with Crippen LogP contribution in [0.1, 0.15) is 51.9 Å². The number of nitrogens with zero attached hydrogens (tertiary/aromatic N) is 1. The second-order valence-electron chi connectivity index (χ2n) is 5.71. The monoisotopic (exact) mass is 284 g/mol. The third-order valence-electron chi connectivity index (χ3n) is 4.31. The molecule has 110 valence electrons. The average Bonchev–Trinajstić information content (AvgIpc) is 2.68. The van der Waals surface area contributed by atoms with Crippen LogP contribution < -0.4 is 5.32 Å². The van der Waals surface area contributed by atoms with E-state index in [1.807, 2.05) is 0 Å². The standard InChI is InChI=1S/C15H28N2OS/c1-2-19-14-9-7-8-13(14)16-12-15(18)17-10-5-3-4-6-11-17/h13-14,16H,2-12H2,1H3. The zero-order valence-corrected chi connectivity index (χ0v) is 13.0. The van der Waals surface area contributed by atoms with Crippen LogP contribution in [0.15, 0.2) is 0 Å². The second-order valence-corrected chi connectivity index (χ2v) is 7.22. The maximum absolute atomic E-state index is 12.2. The average molecular weight is 284 g/mol. The molecule has 0 aromatic carbocycles. The summed E-state index contributed by atoms with van der Waals surface area (Å²) in [6.45, 7) is 4.71. The van der Waals surface area contributed by atoms with Gasteiger partial charge >= 0.3 is 0 Å². The molecule has 2 unspecified atom stereocenters. The lowest BCUT2D eigenvalue weighted by atomic mass is 10.2. The topological polar surface area (TPSA) is 32.3 Å². The summed E-state index contributed by atoms with van der Waals surface area (Å²) in [6.07, 6.45) is 8.81. The third-order valence-corrected chi connectivity index (χ3v) is 5.63. The van der Waals surface area contributed by atoms with E-state index in [9.17, 15) is 4.79 Å². The molecule has 2 atom stereocenters. The molecule has 2 rings (SSSR count). The number of likely N-dealkylation sites (tertiary alicyclic amines) is 1. The number of amides is 1. The lowest BCUT2D eigenvalue weighted by Gasteiger charge is -2.24. The summed E-state index contributed by atoms with van der Waals surface area (Å²) in [5.74, 6) is 1.50. The SMILES string of the molecule is CCSC1CCCC1NCC(=O)N1CCCCCC1. The molecule has 19 heavy (non-hydrogen) atoms. The Bertz CT molecular complexity index is 277. The van der Waals surface area contributed by atoms with Crippen molar-refractivity contribution in [2.24, 2.45) is 0 Å². The summed E-state index contributed by atoms with van der Waals surface area (Å²) in [5.41, 5.74) is 0. The molecule has 1 aliphatic carbocycles. The molecular weight excluding hydrogens is 256 g/mol. The summed E-state index contributed by atoms with van der Waals surface area (Å²) >= 11 is 2.05. The van der Waals surface area contributed by atoms with E-state index in [1.165, 1.54) is 50.7 Å². The van der Waals surface area contributed by atoms with Crippen LogP contribution >= 0.6 is 11.8 Å². The molecule has 1 saturated carbocycles. The molecule has 1 amide bonds. The summed E-state index contributed by atoms with van der Waals surface area (Å²) in [6, 6.07) is 0.556. The van der Waals surface area contributed by atoms with Crippen LogP contribution in [0.5, 0.6) is 0 Å². The quantitative estimate of drug-likeness (QED) is 0.842. The van der Waals surface area contributed by atoms with Gasteiger partial charge in [-0.3, -0.25) is 4.79 Å². The van der Waals surface area contributed by atoms with Gasteiger partial charge in [-0.25, -0.2) is 0 Å². The molecule has 0 spiro atoms. The lowest BCUT2D eigenvalue weighted by Crippen LogP contribution is -2.43. The van der Waals surface area contributed by atoms with Crippen LogP contribution in [0.2, 0.25) is 0 Å². The van der Waals surface area contributed by atoms with Gasteiger partial charge in [0.15, 0.2) is 0 Å². The number of hydrogen-bond donors (Lipinski definition) is 1. The molecule has 3 nitrogen and oxygen atoms in total. The van der Waals surface area contributed by atoms with Gasteiger partial charge in [0.1, 0.15) is 0 Å². The summed E-state index contributed by atoms with van der Waals surface area (Å²) < 4.78 is 0. The number of thioether (sulfide) groups is 1. The normalized spacial score (nSPS) is 28.4. The van der Waals surface area contributed by atoms with Gasteiger partial charge < -0.3 is 10.2 Å². The molecule has 0 aromatic heterocycles. The fourth-order valence-electron chi connectivity index (χ4n) is 3.22. The van der Waals surface area contributed by atoms with Gasteiger partial charge in [-0.05, 0) is 31.4 Å². The van der Waals surface area contributed by atoms with Crippen LogP contribution in [0.4, 0.5) is 0 Å². The number of rotatable bonds is 5. The molecule has 2 aliphatic rings. The molecule has 1 saturated heterocycles. The molecule has 1 N–H and O–H groups in total. The van der Waals surface area contributed by atoms with Gasteiger partial charge in [-0.15, -0.1) is 0 Å². The fraction of sp³-hybridized carbons (Fsp3) is 0.933. The van der Waals surface area contributed by atoms with Crippen molar-refractivity contribution in [3.8, 4) is 0 Å². The Morgan fingerprint density at radius 2 is 1.89 bits per heavy atom. The minimum Gasteiger partial charge on any atom is -0.342 e. The summed E-state index contributed by atoms with van der Waals surface area (Å²) in [7, 11) is 0. The minimum atomic E-state index is 0.314. The van der Waals surface area contributed by atoms with E-state index >= 15 is 0 Å². The van der Waals surface area contributed by atoms with Crippen molar-refractivity contribution in [1.29, 1.82) is 0 Å². The Morgan fingerprint density at radius 3 is 2.58 bits per heavy atom. The zero-order valence-electron chi connectivity index (χ0n) is 12.2. The van der Waals surface area contributed by atoms with E-state index in [1.54, 1.807) is 0 Å². The first-order valence-electron chi connectivity index (χ1n) is 7.94. The van der Waals surface area contributed by atoms with Gasteiger partial charge in [0.2, 0.25) is 5.91 Å². The molecule has 0 bridgehead atoms. The van der Waals surface area contributed by atoms with E-state index in [0.717, 1.165) is 18.3 Å². The van der Waals surface area contributed by atoms with Crippen LogP contribution in [0.3, 0.4) is 0 Å². The van der Waals surface area contributed by atoms with E-state index in [-0.39, 0.29) is 0 Å². The fourth-order valence-corrected chi connectivity index (χ4v) is 4.45. The third kappa shape index (κ3) is 4.67. The highest BCUT2D eigenvalue weighted by Gasteiger charge is 2.27. The zero-order chi connectivity index (χ0) is 13.5. The minimum absolute atomic E-state index is 0.314. The van der Waals surface area contributed by atoms with E-state index < -0.39 is 0 Å². The molecule has 2 fully saturated rings. The highest BCUT2D eigenvalue weighted by molar-refractivity contribution is 7.99. The summed E-state index contributed by atoms with van der Waals surface area (Å²) in [5, 5.41) is 4.25. The van der Waals surface area contributed by atoms with Gasteiger partial charge in [-0.2, -0.15) is 11.8 Å². The number of hydrogen-bond acceptors (Lipinski definition) is 3. The van der Waals surface area contributed by atoms with Crippen molar-refractivity contribution < 1.29 is 4.79 Å². The first-order chi connectivity index (χ1) is 9.31. The Balaban J connectivity index is 1.73. The predicted octanol–water partition coefficient (Wildman–Crippen LogP) is 2.65. The molecule has 0 radical (unpaired) electrons. The van der Waals surface area contributed by atoms with E-state index in [4.69, 9.17) is 0 Å². The van der Waals surface area contributed by atoms with Crippen molar-refractivity contribution in [3.63, 3.8) is 0 Å². The first-order valence-corrected chi connectivity index (χ1v) is 8.99. The van der Waals surface area contributed by atoms with Crippen molar-refractivity contribution in [2.45, 2.75) is 63.2 Å². The summed E-state index contributed by atoms with van der Waals surface area (Å²) in [4.78, 5) is 14.3. The second kappa shape index (κ2) is 8.15.